The summed E-state index contributed by atoms with van der Waals surface area (Å²) in [6.45, 7) is 0.703. The summed E-state index contributed by atoms with van der Waals surface area (Å²) in [5.74, 6) is 0.904. The van der Waals surface area contributed by atoms with Gasteiger partial charge in [0.25, 0.3) is 0 Å². The van der Waals surface area contributed by atoms with E-state index in [2.05, 4.69) is 5.32 Å². The minimum Gasteiger partial charge on any atom is -0.491 e. The molecular formula is C17H18N2O5. The van der Waals surface area contributed by atoms with Crippen LogP contribution in [0.3, 0.4) is 0 Å². The lowest BCUT2D eigenvalue weighted by Gasteiger charge is -2.31. The first-order valence-electron chi connectivity index (χ1n) is 7.54. The van der Waals surface area contributed by atoms with Gasteiger partial charge in [0.2, 0.25) is 0 Å². The zero-order chi connectivity index (χ0) is 17.1. The molecule has 1 aliphatic heterocycles. The van der Waals surface area contributed by atoms with Gasteiger partial charge in [-0.15, -0.1) is 0 Å². The molecule has 0 saturated heterocycles. The van der Waals surface area contributed by atoms with Crippen LogP contribution in [0, 0.1) is 10.1 Å². The summed E-state index contributed by atoms with van der Waals surface area (Å²) in [5.41, 5.74) is 1.39. The largest absolute Gasteiger partial charge is 0.491 e. The van der Waals surface area contributed by atoms with E-state index in [9.17, 15) is 15.2 Å². The Hall–Kier alpha value is -2.64. The quantitative estimate of drug-likeness (QED) is 0.645. The highest BCUT2D eigenvalue weighted by Crippen LogP contribution is 2.32. The van der Waals surface area contributed by atoms with Gasteiger partial charge in [0, 0.05) is 18.2 Å². The van der Waals surface area contributed by atoms with Crippen LogP contribution >= 0.6 is 0 Å². The van der Waals surface area contributed by atoms with Crippen LogP contribution in [0.4, 0.5) is 5.69 Å². The SMILES string of the molecule is COc1ccc(CNC2COc3ccccc3C2O)cc1[N+](=O)[O-]. The third-order valence-corrected chi connectivity index (χ3v) is 4.05. The van der Waals surface area contributed by atoms with Crippen LogP contribution < -0.4 is 14.8 Å². The Kier molecular flexibility index (Phi) is 4.64. The number of nitro groups is 1. The number of methoxy groups -OCH3 is 1. The second kappa shape index (κ2) is 6.86. The van der Waals surface area contributed by atoms with E-state index in [0.29, 0.717) is 18.9 Å². The van der Waals surface area contributed by atoms with Gasteiger partial charge in [-0.2, -0.15) is 0 Å². The van der Waals surface area contributed by atoms with Gasteiger partial charge in [-0.25, -0.2) is 0 Å². The van der Waals surface area contributed by atoms with E-state index in [-0.39, 0.29) is 17.5 Å². The topological polar surface area (TPSA) is 93.9 Å². The molecule has 0 bridgehead atoms. The number of nitro benzene ring substituents is 1. The molecule has 0 amide bonds. The lowest BCUT2D eigenvalue weighted by Crippen LogP contribution is -2.42. The maximum absolute atomic E-state index is 11.1. The van der Waals surface area contributed by atoms with Gasteiger partial charge in [0.15, 0.2) is 5.75 Å². The highest BCUT2D eigenvalue weighted by Gasteiger charge is 2.28. The molecule has 2 atom stereocenters. The van der Waals surface area contributed by atoms with Crippen LogP contribution in [0.1, 0.15) is 17.2 Å². The van der Waals surface area contributed by atoms with Gasteiger partial charge >= 0.3 is 5.69 Å². The Balaban J connectivity index is 1.70. The summed E-state index contributed by atoms with van der Waals surface area (Å²) in [7, 11) is 1.40. The molecule has 0 saturated carbocycles. The second-order valence-electron chi connectivity index (χ2n) is 5.54. The molecule has 126 valence electrons. The van der Waals surface area contributed by atoms with Crippen molar-refractivity contribution < 1.29 is 19.5 Å². The number of benzene rings is 2. The van der Waals surface area contributed by atoms with E-state index >= 15 is 0 Å². The molecule has 1 heterocycles. The number of rotatable bonds is 5. The Morgan fingerprint density at radius 3 is 2.92 bits per heavy atom. The van der Waals surface area contributed by atoms with Gasteiger partial charge < -0.3 is 19.9 Å². The number of aliphatic hydroxyl groups is 1. The zero-order valence-electron chi connectivity index (χ0n) is 13.1. The van der Waals surface area contributed by atoms with Crippen molar-refractivity contribution in [2.24, 2.45) is 0 Å². The minimum atomic E-state index is -0.691. The van der Waals surface area contributed by atoms with Crippen molar-refractivity contribution in [1.82, 2.24) is 5.32 Å². The number of aliphatic hydroxyl groups excluding tert-OH is 1. The molecule has 0 radical (unpaired) electrons. The Bertz CT molecular complexity index is 750. The predicted molar refractivity (Wildman–Crippen MR) is 87.2 cm³/mol. The van der Waals surface area contributed by atoms with Gasteiger partial charge in [-0.05, 0) is 17.7 Å². The van der Waals surface area contributed by atoms with E-state index in [1.807, 2.05) is 24.3 Å². The van der Waals surface area contributed by atoms with E-state index in [0.717, 1.165) is 11.1 Å². The molecule has 3 rings (SSSR count). The first-order valence-corrected chi connectivity index (χ1v) is 7.54. The molecule has 2 unspecified atom stereocenters. The monoisotopic (exact) mass is 330 g/mol. The van der Waals surface area contributed by atoms with Crippen molar-refractivity contribution >= 4 is 5.69 Å². The van der Waals surface area contributed by atoms with Gasteiger partial charge in [0.1, 0.15) is 18.5 Å². The highest BCUT2D eigenvalue weighted by molar-refractivity contribution is 5.48. The maximum Gasteiger partial charge on any atom is 0.311 e. The molecule has 2 aromatic rings. The molecule has 0 aliphatic carbocycles. The van der Waals surface area contributed by atoms with E-state index in [1.54, 1.807) is 12.1 Å². The molecule has 7 nitrogen and oxygen atoms in total. The van der Waals surface area contributed by atoms with E-state index in [4.69, 9.17) is 9.47 Å². The third-order valence-electron chi connectivity index (χ3n) is 4.05. The van der Waals surface area contributed by atoms with Crippen LogP contribution in [-0.2, 0) is 6.54 Å². The highest BCUT2D eigenvalue weighted by atomic mass is 16.6. The number of nitrogens with zero attached hydrogens (tertiary/aromatic N) is 1. The van der Waals surface area contributed by atoms with Crippen molar-refractivity contribution in [3.63, 3.8) is 0 Å². The third kappa shape index (κ3) is 3.17. The summed E-state index contributed by atoms with van der Waals surface area (Å²) in [5, 5.41) is 24.7. The minimum absolute atomic E-state index is 0.0809. The number of hydrogen-bond donors (Lipinski definition) is 2. The smallest absolute Gasteiger partial charge is 0.311 e. The summed E-state index contributed by atoms with van der Waals surface area (Å²) >= 11 is 0. The molecule has 1 aliphatic rings. The number of para-hydroxylation sites is 1. The summed E-state index contributed by atoms with van der Waals surface area (Å²) in [6.07, 6.45) is -0.691. The van der Waals surface area contributed by atoms with Crippen molar-refractivity contribution in [2.75, 3.05) is 13.7 Å². The fourth-order valence-electron chi connectivity index (χ4n) is 2.75. The van der Waals surface area contributed by atoms with Gasteiger partial charge in [0.05, 0.1) is 18.1 Å². The average Bonchev–Trinajstić information content (AvgIpc) is 2.61. The molecular weight excluding hydrogens is 312 g/mol. The molecule has 0 fully saturated rings. The summed E-state index contributed by atoms with van der Waals surface area (Å²) in [4.78, 5) is 10.6. The Morgan fingerprint density at radius 1 is 1.38 bits per heavy atom. The lowest BCUT2D eigenvalue weighted by molar-refractivity contribution is -0.385. The van der Waals surface area contributed by atoms with Crippen molar-refractivity contribution in [2.45, 2.75) is 18.7 Å². The molecule has 2 aromatic carbocycles. The Morgan fingerprint density at radius 2 is 2.17 bits per heavy atom. The summed E-state index contributed by atoms with van der Waals surface area (Å²) in [6, 6.07) is 11.8. The molecule has 2 N–H and O–H groups in total. The zero-order valence-corrected chi connectivity index (χ0v) is 13.1. The van der Waals surface area contributed by atoms with Crippen molar-refractivity contribution in [3.8, 4) is 11.5 Å². The van der Waals surface area contributed by atoms with Crippen LogP contribution in [0.25, 0.3) is 0 Å². The average molecular weight is 330 g/mol. The standard InChI is InChI=1S/C17H18N2O5/c1-23-16-7-6-11(8-14(16)19(21)22)9-18-13-10-24-15-5-3-2-4-12(15)17(13)20/h2-8,13,17-18,20H,9-10H2,1H3. The fourth-order valence-corrected chi connectivity index (χ4v) is 2.75. The number of hydrogen-bond acceptors (Lipinski definition) is 6. The van der Waals surface area contributed by atoms with Crippen LogP contribution in [-0.4, -0.2) is 29.8 Å². The number of fused-ring (bicyclic) bond motifs is 1. The van der Waals surface area contributed by atoms with Crippen molar-refractivity contribution in [3.05, 3.63) is 63.7 Å². The maximum atomic E-state index is 11.1. The van der Waals surface area contributed by atoms with E-state index in [1.165, 1.54) is 13.2 Å². The first kappa shape index (κ1) is 16.2. The van der Waals surface area contributed by atoms with Crippen LogP contribution in [0.15, 0.2) is 42.5 Å². The fraction of sp³-hybridized carbons (Fsp3) is 0.294. The van der Waals surface area contributed by atoms with Crippen LogP contribution in [0.2, 0.25) is 0 Å². The first-order chi connectivity index (χ1) is 11.6. The number of nitrogens with one attached hydrogen (secondary N) is 1. The normalized spacial score (nSPS) is 19.2. The molecule has 0 aromatic heterocycles. The second-order valence-corrected chi connectivity index (χ2v) is 5.54. The van der Waals surface area contributed by atoms with Gasteiger partial charge in [-0.3, -0.25) is 10.1 Å². The molecule has 7 heteroatoms. The van der Waals surface area contributed by atoms with Crippen molar-refractivity contribution in [1.29, 1.82) is 0 Å². The lowest BCUT2D eigenvalue weighted by atomic mass is 9.99. The summed E-state index contributed by atoms with van der Waals surface area (Å²) < 4.78 is 10.6. The van der Waals surface area contributed by atoms with Gasteiger partial charge in [-0.1, -0.05) is 24.3 Å². The van der Waals surface area contributed by atoms with Crippen LogP contribution in [0.5, 0.6) is 11.5 Å². The molecule has 24 heavy (non-hydrogen) atoms. The number of ether oxygens (including phenoxy) is 2. The Labute approximate surface area is 139 Å². The predicted octanol–water partition coefficient (Wildman–Crippen LogP) is 2.19. The molecule has 0 spiro atoms. The van der Waals surface area contributed by atoms with E-state index < -0.39 is 11.0 Å².